The first-order valence-corrected chi connectivity index (χ1v) is 8.01. The number of nitrogens with zero attached hydrogens (tertiary/aromatic N) is 3. The molecule has 114 valence electrons. The monoisotopic (exact) mass is 314 g/mol. The van der Waals surface area contributed by atoms with E-state index in [9.17, 15) is 4.79 Å². The van der Waals surface area contributed by atoms with Gasteiger partial charge in [0.15, 0.2) is 0 Å². The number of thiazole rings is 1. The number of fused-ring (bicyclic) bond motifs is 1. The summed E-state index contributed by atoms with van der Waals surface area (Å²) in [4.78, 5) is 16.4. The van der Waals surface area contributed by atoms with Crippen LogP contribution in [0.2, 0.25) is 0 Å². The van der Waals surface area contributed by atoms with Crippen LogP contribution >= 0.6 is 11.3 Å². The van der Waals surface area contributed by atoms with Crippen molar-refractivity contribution in [2.75, 3.05) is 5.32 Å². The fourth-order valence-electron chi connectivity index (χ4n) is 2.19. The van der Waals surface area contributed by atoms with E-state index in [0.717, 1.165) is 32.4 Å². The van der Waals surface area contributed by atoms with Gasteiger partial charge in [-0.25, -0.2) is 9.67 Å². The highest BCUT2D eigenvalue weighted by molar-refractivity contribution is 7.20. The molecule has 0 aliphatic carbocycles. The first-order valence-electron chi connectivity index (χ1n) is 7.19. The van der Waals surface area contributed by atoms with E-state index in [4.69, 9.17) is 0 Å². The number of rotatable bonds is 3. The quantitative estimate of drug-likeness (QED) is 0.802. The molecule has 0 spiro atoms. The number of nitrogens with one attached hydrogen (secondary N) is 1. The predicted octanol–water partition coefficient (Wildman–Crippen LogP) is 3.69. The molecule has 0 unspecified atom stereocenters. The summed E-state index contributed by atoms with van der Waals surface area (Å²) in [5, 5.41) is 8.22. The van der Waals surface area contributed by atoms with Gasteiger partial charge in [-0.2, -0.15) is 5.10 Å². The van der Waals surface area contributed by atoms with Gasteiger partial charge in [-0.05, 0) is 38.1 Å². The molecule has 0 radical (unpaired) electrons. The van der Waals surface area contributed by atoms with Crippen LogP contribution in [0.3, 0.4) is 0 Å². The molecule has 1 amide bonds. The van der Waals surface area contributed by atoms with Crippen molar-refractivity contribution in [1.82, 2.24) is 14.8 Å². The van der Waals surface area contributed by atoms with Crippen molar-refractivity contribution < 1.29 is 4.79 Å². The second-order valence-electron chi connectivity index (χ2n) is 5.66. The van der Waals surface area contributed by atoms with E-state index in [0.29, 0.717) is 0 Å². The number of benzene rings is 1. The minimum absolute atomic E-state index is 0.0163. The summed E-state index contributed by atoms with van der Waals surface area (Å²) in [6.45, 7) is 7.74. The van der Waals surface area contributed by atoms with Crippen LogP contribution in [0.1, 0.15) is 25.2 Å². The maximum atomic E-state index is 11.8. The summed E-state index contributed by atoms with van der Waals surface area (Å²) in [6.07, 6.45) is 0. The third kappa shape index (κ3) is 2.74. The molecular formula is C16H18N4OS. The summed E-state index contributed by atoms with van der Waals surface area (Å²) in [5.41, 5.74) is 3.75. The van der Waals surface area contributed by atoms with Crippen LogP contribution < -0.4 is 5.32 Å². The zero-order valence-corrected chi connectivity index (χ0v) is 13.9. The first-order chi connectivity index (χ1) is 10.4. The van der Waals surface area contributed by atoms with E-state index in [1.54, 1.807) is 11.3 Å². The Kier molecular flexibility index (Phi) is 3.70. The molecule has 2 aromatic heterocycles. The van der Waals surface area contributed by atoms with Crippen molar-refractivity contribution in [3.05, 3.63) is 35.7 Å². The summed E-state index contributed by atoms with van der Waals surface area (Å²) >= 11 is 1.57. The highest BCUT2D eigenvalue weighted by atomic mass is 32.1. The molecule has 22 heavy (non-hydrogen) atoms. The smallest absolute Gasteiger partial charge is 0.226 e. The number of hydrogen-bond donors (Lipinski definition) is 1. The Morgan fingerprint density at radius 2 is 2.05 bits per heavy atom. The molecule has 1 aromatic carbocycles. The van der Waals surface area contributed by atoms with Gasteiger partial charge in [-0.3, -0.25) is 4.79 Å². The number of carbonyl (C=O) groups is 1. The van der Waals surface area contributed by atoms with Crippen LogP contribution in [0.4, 0.5) is 5.69 Å². The third-order valence-electron chi connectivity index (χ3n) is 3.36. The average Bonchev–Trinajstić information content (AvgIpc) is 3.00. The van der Waals surface area contributed by atoms with Gasteiger partial charge in [0.25, 0.3) is 0 Å². The van der Waals surface area contributed by atoms with E-state index in [1.165, 1.54) is 0 Å². The van der Waals surface area contributed by atoms with Crippen molar-refractivity contribution in [3.63, 3.8) is 0 Å². The zero-order chi connectivity index (χ0) is 15.9. The van der Waals surface area contributed by atoms with Gasteiger partial charge in [0, 0.05) is 17.3 Å². The van der Waals surface area contributed by atoms with Crippen LogP contribution in [-0.4, -0.2) is 20.7 Å². The summed E-state index contributed by atoms with van der Waals surface area (Å²) in [7, 11) is 0. The Balaban J connectivity index is 1.97. The van der Waals surface area contributed by atoms with Crippen LogP contribution in [-0.2, 0) is 4.79 Å². The van der Waals surface area contributed by atoms with E-state index in [-0.39, 0.29) is 11.8 Å². The van der Waals surface area contributed by atoms with Crippen molar-refractivity contribution in [3.8, 4) is 5.13 Å². The first kappa shape index (κ1) is 14.7. The average molecular weight is 314 g/mol. The lowest BCUT2D eigenvalue weighted by molar-refractivity contribution is -0.118. The molecule has 0 saturated carbocycles. The normalized spacial score (nSPS) is 11.3. The number of hydrogen-bond acceptors (Lipinski definition) is 4. The Labute approximate surface area is 133 Å². The van der Waals surface area contributed by atoms with E-state index in [2.05, 4.69) is 15.4 Å². The van der Waals surface area contributed by atoms with Gasteiger partial charge in [0.1, 0.15) is 0 Å². The largest absolute Gasteiger partial charge is 0.326 e. The van der Waals surface area contributed by atoms with Crippen molar-refractivity contribution in [2.24, 2.45) is 5.92 Å². The fraction of sp³-hybridized carbons (Fsp3) is 0.312. The SMILES string of the molecule is Cc1cc(C)n(-c2nc3ccc(NC(=O)C(C)C)cc3s2)n1. The Morgan fingerprint density at radius 3 is 2.68 bits per heavy atom. The minimum Gasteiger partial charge on any atom is -0.326 e. The number of anilines is 1. The molecule has 2 heterocycles. The Hall–Kier alpha value is -2.21. The molecule has 0 atom stereocenters. The van der Waals surface area contributed by atoms with Gasteiger partial charge in [0.2, 0.25) is 11.0 Å². The molecule has 5 nitrogen and oxygen atoms in total. The highest BCUT2D eigenvalue weighted by Crippen LogP contribution is 2.28. The highest BCUT2D eigenvalue weighted by Gasteiger charge is 2.12. The van der Waals surface area contributed by atoms with E-state index >= 15 is 0 Å². The maximum absolute atomic E-state index is 11.8. The molecule has 0 bridgehead atoms. The summed E-state index contributed by atoms with van der Waals surface area (Å²) in [6, 6.07) is 7.80. The van der Waals surface area contributed by atoms with Gasteiger partial charge in [-0.15, -0.1) is 0 Å². The molecular weight excluding hydrogens is 296 g/mol. The zero-order valence-electron chi connectivity index (χ0n) is 13.0. The fourth-order valence-corrected chi connectivity index (χ4v) is 3.21. The van der Waals surface area contributed by atoms with Gasteiger partial charge >= 0.3 is 0 Å². The van der Waals surface area contributed by atoms with Gasteiger partial charge < -0.3 is 5.32 Å². The lowest BCUT2D eigenvalue weighted by Crippen LogP contribution is -2.17. The maximum Gasteiger partial charge on any atom is 0.226 e. The molecule has 0 saturated heterocycles. The number of aromatic nitrogens is 3. The molecule has 1 N–H and O–H groups in total. The van der Waals surface area contributed by atoms with Crippen molar-refractivity contribution in [2.45, 2.75) is 27.7 Å². The molecule has 0 fully saturated rings. The summed E-state index contributed by atoms with van der Waals surface area (Å²) in [5.74, 6) is -0.0231. The van der Waals surface area contributed by atoms with Gasteiger partial charge in [0.05, 0.1) is 15.9 Å². The molecule has 0 aliphatic rings. The van der Waals surface area contributed by atoms with Crippen LogP contribution in [0.5, 0.6) is 0 Å². The summed E-state index contributed by atoms with van der Waals surface area (Å²) < 4.78 is 2.89. The van der Waals surface area contributed by atoms with E-state index < -0.39 is 0 Å². The number of carbonyl (C=O) groups excluding carboxylic acids is 1. The topological polar surface area (TPSA) is 59.8 Å². The molecule has 6 heteroatoms. The van der Waals surface area contributed by atoms with Crippen molar-refractivity contribution in [1.29, 1.82) is 0 Å². The second-order valence-corrected chi connectivity index (χ2v) is 6.67. The number of aryl methyl sites for hydroxylation is 2. The second kappa shape index (κ2) is 5.53. The van der Waals surface area contributed by atoms with Gasteiger partial charge in [-0.1, -0.05) is 25.2 Å². The lowest BCUT2D eigenvalue weighted by atomic mass is 10.2. The Morgan fingerprint density at radius 1 is 1.27 bits per heavy atom. The van der Waals surface area contributed by atoms with Crippen LogP contribution in [0, 0.1) is 19.8 Å². The lowest BCUT2D eigenvalue weighted by Gasteiger charge is -2.06. The van der Waals surface area contributed by atoms with Crippen LogP contribution in [0.25, 0.3) is 15.3 Å². The Bertz CT molecular complexity index is 847. The molecule has 3 aromatic rings. The standard InChI is InChI=1S/C16H18N4OS/c1-9(2)15(21)17-12-5-6-13-14(8-12)22-16(18-13)20-11(4)7-10(3)19-20/h5-9H,1-4H3,(H,17,21). The van der Waals surface area contributed by atoms with E-state index in [1.807, 2.05) is 56.6 Å². The predicted molar refractivity (Wildman–Crippen MR) is 89.7 cm³/mol. The third-order valence-corrected chi connectivity index (χ3v) is 4.35. The minimum atomic E-state index is -0.0394. The molecule has 3 rings (SSSR count). The van der Waals surface area contributed by atoms with Crippen molar-refractivity contribution >= 4 is 33.1 Å². The molecule has 0 aliphatic heterocycles. The number of amides is 1. The van der Waals surface area contributed by atoms with Crippen LogP contribution in [0.15, 0.2) is 24.3 Å².